The number of carbonyl (C=O) groups is 1. The van der Waals surface area contributed by atoms with E-state index >= 15 is 0 Å². The topological polar surface area (TPSA) is 52.1 Å². The first-order valence-electron chi connectivity index (χ1n) is 8.04. The number of carbonyl (C=O) groups excluding carboxylic acids is 1. The van der Waals surface area contributed by atoms with Crippen molar-refractivity contribution in [2.45, 2.75) is 12.4 Å². The van der Waals surface area contributed by atoms with Crippen LogP contribution in [0.25, 0.3) is 0 Å². The van der Waals surface area contributed by atoms with E-state index in [4.69, 9.17) is 4.74 Å². The predicted molar refractivity (Wildman–Crippen MR) is 88.4 cm³/mol. The maximum Gasteiger partial charge on any atom is 0.416 e. The molecule has 0 aliphatic rings. The Morgan fingerprint density at radius 1 is 0.833 bits per heavy atom. The smallest absolute Gasteiger partial charge is 0.416 e. The molecule has 11 heteroatoms. The first-order chi connectivity index (χ1) is 13.9. The van der Waals surface area contributed by atoms with Gasteiger partial charge in [0.05, 0.1) is 11.1 Å². The molecule has 0 bridgehead atoms. The lowest BCUT2D eigenvalue weighted by molar-refractivity contribution is -0.138. The minimum Gasteiger partial charge on any atom is -0.436 e. The van der Waals surface area contributed by atoms with Crippen molar-refractivity contribution in [2.24, 2.45) is 0 Å². The van der Waals surface area contributed by atoms with Crippen LogP contribution in [0.1, 0.15) is 27.2 Å². The van der Waals surface area contributed by atoms with Crippen LogP contribution >= 0.6 is 0 Å². The van der Waals surface area contributed by atoms with Crippen LogP contribution < -0.4 is 4.74 Å². The van der Waals surface area contributed by atoms with Gasteiger partial charge in [0.2, 0.25) is 11.7 Å². The van der Waals surface area contributed by atoms with Gasteiger partial charge in [-0.25, -0.2) is 14.4 Å². The van der Waals surface area contributed by atoms with Gasteiger partial charge in [0, 0.05) is 11.6 Å². The van der Waals surface area contributed by atoms with E-state index in [9.17, 15) is 35.5 Å². The molecule has 3 aromatic rings. The highest BCUT2D eigenvalue weighted by Crippen LogP contribution is 2.34. The average Bonchev–Trinajstić information content (AvgIpc) is 2.68. The maximum atomic E-state index is 13.8. The molecule has 0 N–H and O–H groups in total. The van der Waals surface area contributed by atoms with Gasteiger partial charge in [-0.15, -0.1) is 0 Å². The third kappa shape index (κ3) is 4.73. The Morgan fingerprint density at radius 3 is 2.17 bits per heavy atom. The summed E-state index contributed by atoms with van der Waals surface area (Å²) in [4.78, 5) is 19.7. The van der Waals surface area contributed by atoms with Gasteiger partial charge in [0.1, 0.15) is 12.0 Å². The Balaban J connectivity index is 1.90. The normalized spacial score (nSPS) is 12.0. The SMILES string of the molecule is O=C(c1cccc(C(F)(F)F)c1)c1cc(Oc2cc(C(F)(F)F)ccc2F)ncn1. The molecule has 0 amide bonds. The van der Waals surface area contributed by atoms with Crippen molar-refractivity contribution >= 4 is 5.78 Å². The van der Waals surface area contributed by atoms with Crippen molar-refractivity contribution in [3.05, 3.63) is 83.1 Å². The molecule has 3 rings (SSSR count). The molecule has 0 radical (unpaired) electrons. The van der Waals surface area contributed by atoms with E-state index in [-0.39, 0.29) is 5.56 Å². The van der Waals surface area contributed by atoms with Crippen LogP contribution in [0.5, 0.6) is 11.6 Å². The summed E-state index contributed by atoms with van der Waals surface area (Å²) in [5.74, 6) is -3.32. The summed E-state index contributed by atoms with van der Waals surface area (Å²) in [5.41, 5.74) is -2.95. The fraction of sp³-hybridized carbons (Fsp3) is 0.105. The van der Waals surface area contributed by atoms with Crippen LogP contribution in [0.4, 0.5) is 30.7 Å². The van der Waals surface area contributed by atoms with Gasteiger partial charge in [-0.1, -0.05) is 12.1 Å². The summed E-state index contributed by atoms with van der Waals surface area (Å²) in [7, 11) is 0. The molecular weight excluding hydrogens is 421 g/mol. The standard InChI is InChI=1S/C19H9F7N2O2/c20-13-5-4-12(19(24,25)26)7-15(13)30-16-8-14(27-9-28-16)17(29)10-2-1-3-11(6-10)18(21,22)23/h1-9H. The second kappa shape index (κ2) is 7.73. The molecule has 0 saturated carbocycles. The highest BCUT2D eigenvalue weighted by Gasteiger charge is 2.32. The van der Waals surface area contributed by atoms with Gasteiger partial charge in [0.15, 0.2) is 11.6 Å². The van der Waals surface area contributed by atoms with Crippen LogP contribution in [0.3, 0.4) is 0 Å². The minimum atomic E-state index is -4.75. The van der Waals surface area contributed by atoms with Crippen molar-refractivity contribution in [3.63, 3.8) is 0 Å². The molecule has 0 aliphatic heterocycles. The number of hydrogen-bond acceptors (Lipinski definition) is 4. The molecule has 0 spiro atoms. The highest BCUT2D eigenvalue weighted by atomic mass is 19.4. The number of ketones is 1. The zero-order valence-electron chi connectivity index (χ0n) is 14.6. The van der Waals surface area contributed by atoms with Crippen LogP contribution in [0.2, 0.25) is 0 Å². The minimum absolute atomic E-state index is 0.334. The zero-order valence-corrected chi connectivity index (χ0v) is 14.6. The van der Waals surface area contributed by atoms with Gasteiger partial charge in [-0.3, -0.25) is 4.79 Å². The first-order valence-corrected chi connectivity index (χ1v) is 8.04. The summed E-state index contributed by atoms with van der Waals surface area (Å²) >= 11 is 0. The number of alkyl halides is 6. The number of nitrogens with zero attached hydrogens (tertiary/aromatic N) is 2. The molecule has 2 aromatic carbocycles. The summed E-state index contributed by atoms with van der Waals surface area (Å²) in [6.07, 6.45) is -8.61. The molecule has 0 aliphatic carbocycles. The van der Waals surface area contributed by atoms with Gasteiger partial charge < -0.3 is 4.74 Å². The fourth-order valence-corrected chi connectivity index (χ4v) is 2.37. The lowest BCUT2D eigenvalue weighted by Crippen LogP contribution is -2.09. The fourth-order valence-electron chi connectivity index (χ4n) is 2.37. The molecule has 30 heavy (non-hydrogen) atoms. The highest BCUT2D eigenvalue weighted by molar-refractivity contribution is 6.07. The number of ether oxygens (including phenoxy) is 1. The second-order valence-corrected chi connectivity index (χ2v) is 5.89. The monoisotopic (exact) mass is 430 g/mol. The van der Waals surface area contributed by atoms with E-state index in [1.54, 1.807) is 0 Å². The summed E-state index contributed by atoms with van der Waals surface area (Å²) < 4.78 is 95.6. The Morgan fingerprint density at radius 2 is 1.50 bits per heavy atom. The largest absolute Gasteiger partial charge is 0.436 e. The molecule has 1 heterocycles. The number of benzene rings is 2. The quantitative estimate of drug-likeness (QED) is 0.395. The predicted octanol–water partition coefficient (Wildman–Crippen LogP) is 5.68. The summed E-state index contributed by atoms with van der Waals surface area (Å²) in [5, 5.41) is 0. The molecule has 0 saturated heterocycles. The first kappa shape index (κ1) is 21.2. The summed E-state index contributed by atoms with van der Waals surface area (Å²) in [6, 6.07) is 5.92. The van der Waals surface area contributed by atoms with Gasteiger partial charge >= 0.3 is 12.4 Å². The maximum absolute atomic E-state index is 13.8. The molecule has 0 fully saturated rings. The van der Waals surface area contributed by atoms with E-state index < -0.39 is 52.4 Å². The lowest BCUT2D eigenvalue weighted by Gasteiger charge is -2.11. The van der Waals surface area contributed by atoms with Crippen LogP contribution in [0, 0.1) is 5.82 Å². The molecule has 4 nitrogen and oxygen atoms in total. The summed E-state index contributed by atoms with van der Waals surface area (Å²) in [6.45, 7) is 0. The Bertz CT molecular complexity index is 1090. The van der Waals surface area contributed by atoms with Crippen LogP contribution in [0.15, 0.2) is 54.9 Å². The Kier molecular flexibility index (Phi) is 5.47. The van der Waals surface area contributed by atoms with E-state index in [1.807, 2.05) is 0 Å². The third-order valence-electron chi connectivity index (χ3n) is 3.80. The van der Waals surface area contributed by atoms with Crippen LogP contribution in [-0.4, -0.2) is 15.8 Å². The Hall–Kier alpha value is -3.50. The van der Waals surface area contributed by atoms with Gasteiger partial charge in [-0.05, 0) is 30.3 Å². The number of halogens is 7. The van der Waals surface area contributed by atoms with Crippen molar-refractivity contribution in [1.29, 1.82) is 0 Å². The van der Waals surface area contributed by atoms with Crippen molar-refractivity contribution in [1.82, 2.24) is 9.97 Å². The molecule has 1 aromatic heterocycles. The van der Waals surface area contributed by atoms with Gasteiger partial charge in [-0.2, -0.15) is 26.3 Å². The lowest BCUT2D eigenvalue weighted by atomic mass is 10.0. The Labute approximate surface area is 164 Å². The number of aromatic nitrogens is 2. The molecular formula is C19H9F7N2O2. The van der Waals surface area contributed by atoms with Gasteiger partial charge in [0.25, 0.3) is 0 Å². The third-order valence-corrected chi connectivity index (χ3v) is 3.80. The average molecular weight is 430 g/mol. The van der Waals surface area contributed by atoms with E-state index in [0.717, 1.165) is 30.6 Å². The van der Waals surface area contributed by atoms with Crippen molar-refractivity contribution in [2.75, 3.05) is 0 Å². The van der Waals surface area contributed by atoms with E-state index in [2.05, 4.69) is 9.97 Å². The number of rotatable bonds is 4. The number of hydrogen-bond donors (Lipinski definition) is 0. The van der Waals surface area contributed by atoms with E-state index in [1.165, 1.54) is 0 Å². The van der Waals surface area contributed by atoms with E-state index in [0.29, 0.717) is 24.3 Å². The van der Waals surface area contributed by atoms with Crippen molar-refractivity contribution in [3.8, 4) is 11.6 Å². The van der Waals surface area contributed by atoms with Crippen molar-refractivity contribution < 1.29 is 40.3 Å². The molecule has 0 unspecified atom stereocenters. The molecule has 0 atom stereocenters. The molecule has 156 valence electrons. The van der Waals surface area contributed by atoms with Crippen LogP contribution in [-0.2, 0) is 12.4 Å². The second-order valence-electron chi connectivity index (χ2n) is 5.89. The zero-order chi connectivity index (χ0) is 22.1.